The molecule has 1 aliphatic rings. The van der Waals surface area contributed by atoms with Gasteiger partial charge in [-0.1, -0.05) is 41.9 Å². The highest BCUT2D eigenvalue weighted by atomic mass is 35.5. The molecule has 0 spiro atoms. The normalized spacial score (nSPS) is 18.1. The zero-order chi connectivity index (χ0) is 12.5. The van der Waals surface area contributed by atoms with Crippen LogP contribution in [0.25, 0.3) is 0 Å². The molecule has 2 aromatic carbocycles. The number of carbonyl (C=O) groups excluding carboxylic acids is 1. The van der Waals surface area contributed by atoms with Gasteiger partial charge in [-0.25, -0.2) is 0 Å². The Hall–Kier alpha value is -1.80. The van der Waals surface area contributed by atoms with E-state index in [2.05, 4.69) is 0 Å². The van der Waals surface area contributed by atoms with Crippen LogP contribution in [0, 0.1) is 0 Å². The molecule has 0 aliphatic carbocycles. The number of rotatable bonds is 1. The van der Waals surface area contributed by atoms with E-state index in [4.69, 9.17) is 16.3 Å². The maximum absolute atomic E-state index is 11.6. The minimum absolute atomic E-state index is 0.0553. The van der Waals surface area contributed by atoms with Crippen molar-refractivity contribution in [3.63, 3.8) is 0 Å². The lowest BCUT2D eigenvalue weighted by molar-refractivity contribution is -0.135. The number of fused-ring (bicyclic) bond motifs is 1. The predicted molar refractivity (Wildman–Crippen MR) is 70.0 cm³/mol. The Morgan fingerprint density at radius 1 is 1.06 bits per heavy atom. The summed E-state index contributed by atoms with van der Waals surface area (Å²) in [6.07, 6.45) is 0.374. The standard InChI is InChI=1S/C15H11ClO2/c16-11-7-5-10(6-8-11)13-9-15(17)18-14-4-2-1-3-12(13)14/h1-8,13H,9H2/t13-/m1/s1. The van der Waals surface area contributed by atoms with Crippen molar-refractivity contribution in [2.24, 2.45) is 0 Å². The molecule has 0 unspecified atom stereocenters. The van der Waals surface area contributed by atoms with Crippen molar-refractivity contribution < 1.29 is 9.53 Å². The minimum atomic E-state index is -0.186. The van der Waals surface area contributed by atoms with Crippen molar-refractivity contribution >= 4 is 17.6 Å². The van der Waals surface area contributed by atoms with E-state index in [1.165, 1.54) is 0 Å². The molecule has 0 N–H and O–H groups in total. The van der Waals surface area contributed by atoms with Crippen molar-refractivity contribution in [3.05, 3.63) is 64.7 Å². The number of hydrogen-bond donors (Lipinski definition) is 0. The molecule has 3 rings (SSSR count). The van der Waals surface area contributed by atoms with E-state index in [-0.39, 0.29) is 11.9 Å². The van der Waals surface area contributed by atoms with Crippen molar-refractivity contribution in [1.82, 2.24) is 0 Å². The van der Waals surface area contributed by atoms with E-state index in [0.29, 0.717) is 17.2 Å². The summed E-state index contributed by atoms with van der Waals surface area (Å²) in [5.74, 6) is 0.530. The van der Waals surface area contributed by atoms with E-state index >= 15 is 0 Å². The van der Waals surface area contributed by atoms with Gasteiger partial charge in [0.2, 0.25) is 0 Å². The molecule has 2 aromatic rings. The number of hydrogen-bond acceptors (Lipinski definition) is 2. The van der Waals surface area contributed by atoms with Gasteiger partial charge in [-0.3, -0.25) is 4.79 Å². The Kier molecular flexibility index (Phi) is 2.80. The summed E-state index contributed by atoms with van der Waals surface area (Å²) in [7, 11) is 0. The molecule has 90 valence electrons. The molecular weight excluding hydrogens is 248 g/mol. The molecule has 0 radical (unpaired) electrons. The highest BCUT2D eigenvalue weighted by Crippen LogP contribution is 2.38. The van der Waals surface area contributed by atoms with Gasteiger partial charge in [0.15, 0.2) is 0 Å². The summed E-state index contributed by atoms with van der Waals surface area (Å²) in [4.78, 5) is 11.6. The van der Waals surface area contributed by atoms with Crippen LogP contribution in [-0.4, -0.2) is 5.97 Å². The lowest BCUT2D eigenvalue weighted by atomic mass is 9.86. The molecule has 0 aromatic heterocycles. The largest absolute Gasteiger partial charge is 0.426 e. The molecule has 0 fully saturated rings. The molecule has 18 heavy (non-hydrogen) atoms. The third-order valence-corrected chi connectivity index (χ3v) is 3.41. The number of carbonyl (C=O) groups is 1. The summed E-state index contributed by atoms with van der Waals surface area (Å²) >= 11 is 5.89. The van der Waals surface area contributed by atoms with Gasteiger partial charge in [0, 0.05) is 16.5 Å². The molecule has 0 amide bonds. The van der Waals surface area contributed by atoms with Crippen molar-refractivity contribution in [1.29, 1.82) is 0 Å². The van der Waals surface area contributed by atoms with Crippen molar-refractivity contribution in [2.75, 3.05) is 0 Å². The van der Waals surface area contributed by atoms with Gasteiger partial charge >= 0.3 is 5.97 Å². The van der Waals surface area contributed by atoms with Crippen molar-refractivity contribution in [3.8, 4) is 5.75 Å². The van der Waals surface area contributed by atoms with Crippen molar-refractivity contribution in [2.45, 2.75) is 12.3 Å². The number of para-hydroxylation sites is 1. The van der Waals surface area contributed by atoms with Gasteiger partial charge in [-0.05, 0) is 23.8 Å². The summed E-state index contributed by atoms with van der Waals surface area (Å²) in [6.45, 7) is 0. The maximum Gasteiger partial charge on any atom is 0.312 e. The first-order valence-corrected chi connectivity index (χ1v) is 6.17. The molecule has 0 saturated heterocycles. The fraction of sp³-hybridized carbons (Fsp3) is 0.133. The highest BCUT2D eigenvalue weighted by Gasteiger charge is 2.27. The molecule has 2 nitrogen and oxygen atoms in total. The number of halogens is 1. The van der Waals surface area contributed by atoms with Gasteiger partial charge < -0.3 is 4.74 Å². The SMILES string of the molecule is O=C1C[C@H](c2ccc(Cl)cc2)c2ccccc2O1. The fourth-order valence-corrected chi connectivity index (χ4v) is 2.42. The Morgan fingerprint density at radius 2 is 1.78 bits per heavy atom. The zero-order valence-electron chi connectivity index (χ0n) is 9.60. The van der Waals surface area contributed by atoms with Crippen LogP contribution in [0.2, 0.25) is 5.02 Å². The second-order valence-electron chi connectivity index (χ2n) is 4.32. The number of esters is 1. The smallest absolute Gasteiger partial charge is 0.312 e. The van der Waals surface area contributed by atoms with E-state index in [1.54, 1.807) is 0 Å². The van der Waals surface area contributed by atoms with Gasteiger partial charge in [0.1, 0.15) is 5.75 Å². The summed E-state index contributed by atoms with van der Waals surface area (Å²) in [6, 6.07) is 15.3. The second-order valence-corrected chi connectivity index (χ2v) is 4.76. The zero-order valence-corrected chi connectivity index (χ0v) is 10.4. The Balaban J connectivity index is 2.07. The maximum atomic E-state index is 11.6. The molecule has 1 aliphatic heterocycles. The van der Waals surface area contributed by atoms with Crippen LogP contribution < -0.4 is 4.74 Å². The molecule has 0 bridgehead atoms. The molecule has 1 heterocycles. The minimum Gasteiger partial charge on any atom is -0.426 e. The highest BCUT2D eigenvalue weighted by molar-refractivity contribution is 6.30. The number of ether oxygens (including phenoxy) is 1. The second kappa shape index (κ2) is 4.46. The van der Waals surface area contributed by atoms with E-state index in [9.17, 15) is 4.79 Å². The predicted octanol–water partition coefficient (Wildman–Crippen LogP) is 3.78. The fourth-order valence-electron chi connectivity index (χ4n) is 2.29. The van der Waals surface area contributed by atoms with E-state index < -0.39 is 0 Å². The van der Waals surface area contributed by atoms with Crippen LogP contribution in [0.5, 0.6) is 5.75 Å². The van der Waals surface area contributed by atoms with E-state index in [0.717, 1.165) is 11.1 Å². The Morgan fingerprint density at radius 3 is 2.56 bits per heavy atom. The lowest BCUT2D eigenvalue weighted by Gasteiger charge is -2.24. The van der Waals surface area contributed by atoms with Gasteiger partial charge in [-0.15, -0.1) is 0 Å². The monoisotopic (exact) mass is 258 g/mol. The summed E-state index contributed by atoms with van der Waals surface area (Å²) < 4.78 is 5.24. The summed E-state index contributed by atoms with van der Waals surface area (Å²) in [5.41, 5.74) is 2.14. The topological polar surface area (TPSA) is 26.3 Å². The number of benzene rings is 2. The molecule has 0 saturated carbocycles. The van der Waals surface area contributed by atoms with Gasteiger partial charge in [-0.2, -0.15) is 0 Å². The third kappa shape index (κ3) is 2.00. The molecule has 3 heteroatoms. The van der Waals surface area contributed by atoms with Gasteiger partial charge in [0.25, 0.3) is 0 Å². The third-order valence-electron chi connectivity index (χ3n) is 3.16. The van der Waals surface area contributed by atoms with Crippen LogP contribution in [0.15, 0.2) is 48.5 Å². The first-order chi connectivity index (χ1) is 8.74. The van der Waals surface area contributed by atoms with Crippen LogP contribution in [0.1, 0.15) is 23.5 Å². The average molecular weight is 259 g/mol. The molecular formula is C15H11ClO2. The summed E-state index contributed by atoms with van der Waals surface area (Å²) in [5, 5.41) is 0.699. The van der Waals surface area contributed by atoms with Crippen LogP contribution in [0.4, 0.5) is 0 Å². The van der Waals surface area contributed by atoms with Gasteiger partial charge in [0.05, 0.1) is 6.42 Å². The van der Waals surface area contributed by atoms with E-state index in [1.807, 2.05) is 48.5 Å². The van der Waals surface area contributed by atoms with Crippen LogP contribution in [-0.2, 0) is 4.79 Å². The quantitative estimate of drug-likeness (QED) is 0.575. The Labute approximate surface area is 110 Å². The lowest BCUT2D eigenvalue weighted by Crippen LogP contribution is -2.20. The van der Waals surface area contributed by atoms with Crippen LogP contribution in [0.3, 0.4) is 0 Å². The average Bonchev–Trinajstić information content (AvgIpc) is 2.38. The van der Waals surface area contributed by atoms with Crippen LogP contribution >= 0.6 is 11.6 Å². The Bertz CT molecular complexity index is 590. The first kappa shape index (κ1) is 11.3. The first-order valence-electron chi connectivity index (χ1n) is 5.79. The molecule has 1 atom stereocenters.